The predicted octanol–water partition coefficient (Wildman–Crippen LogP) is 2.56. The lowest BCUT2D eigenvalue weighted by atomic mass is 10.2. The average Bonchev–Trinajstić information content (AvgIpc) is 2.55. The molecule has 0 heterocycles. The van der Waals surface area contributed by atoms with Gasteiger partial charge in [0.05, 0.1) is 23.1 Å². The van der Waals surface area contributed by atoms with Gasteiger partial charge in [-0.25, -0.2) is 9.04 Å². The van der Waals surface area contributed by atoms with Crippen molar-refractivity contribution in [1.82, 2.24) is 4.83 Å². The van der Waals surface area contributed by atoms with E-state index in [1.165, 1.54) is 31.5 Å². The minimum absolute atomic E-state index is 0.0769. The van der Waals surface area contributed by atoms with Crippen LogP contribution >= 0.6 is 0 Å². The smallest absolute Gasteiger partial charge is 0.270 e. The Kier molecular flexibility index (Phi) is 5.42. The molecular formula is C15H15N3O4S. The molecule has 1 atom stereocenters. The van der Waals surface area contributed by atoms with Crippen molar-refractivity contribution in [3.05, 3.63) is 63.7 Å². The maximum absolute atomic E-state index is 12.0. The Morgan fingerprint density at radius 1 is 1.26 bits per heavy atom. The van der Waals surface area contributed by atoms with Gasteiger partial charge in [0.2, 0.25) is 0 Å². The first-order valence-corrected chi connectivity index (χ1v) is 7.76. The summed E-state index contributed by atoms with van der Waals surface area (Å²) < 4.78 is 17.1. The molecule has 0 bridgehead atoms. The molecule has 2 aromatic carbocycles. The predicted molar refractivity (Wildman–Crippen MR) is 88.0 cm³/mol. The van der Waals surface area contributed by atoms with Crippen molar-refractivity contribution in [1.29, 1.82) is 0 Å². The molecule has 120 valence electrons. The van der Waals surface area contributed by atoms with E-state index in [1.807, 2.05) is 19.1 Å². The van der Waals surface area contributed by atoms with E-state index < -0.39 is 15.9 Å². The van der Waals surface area contributed by atoms with Gasteiger partial charge in [0.25, 0.3) is 5.69 Å². The fourth-order valence-corrected chi connectivity index (χ4v) is 2.43. The van der Waals surface area contributed by atoms with Crippen molar-refractivity contribution in [2.45, 2.75) is 11.8 Å². The van der Waals surface area contributed by atoms with Gasteiger partial charge in [-0.1, -0.05) is 17.7 Å². The van der Waals surface area contributed by atoms with E-state index >= 15 is 0 Å². The van der Waals surface area contributed by atoms with Crippen molar-refractivity contribution < 1.29 is 13.9 Å². The van der Waals surface area contributed by atoms with E-state index in [9.17, 15) is 14.3 Å². The SMILES string of the molecule is COc1ccc([N+](=O)[O-])cc1/C=N/NS(=O)c1ccc(C)cc1. The topological polar surface area (TPSA) is 93.8 Å². The number of nitro benzene ring substituents is 1. The number of hydrogen-bond acceptors (Lipinski definition) is 5. The number of hydrogen-bond donors (Lipinski definition) is 1. The number of ether oxygens (including phenoxy) is 1. The van der Waals surface area contributed by atoms with E-state index in [0.29, 0.717) is 16.2 Å². The molecule has 2 aromatic rings. The molecule has 0 spiro atoms. The Labute approximate surface area is 135 Å². The molecule has 2 rings (SSSR count). The fraction of sp³-hybridized carbons (Fsp3) is 0.133. The summed E-state index contributed by atoms with van der Waals surface area (Å²) >= 11 is 0. The molecule has 23 heavy (non-hydrogen) atoms. The Bertz CT molecular complexity index is 760. The van der Waals surface area contributed by atoms with Crippen LogP contribution in [-0.4, -0.2) is 22.5 Å². The lowest BCUT2D eigenvalue weighted by Gasteiger charge is -2.04. The molecule has 0 aliphatic carbocycles. The molecule has 0 fully saturated rings. The van der Waals surface area contributed by atoms with Gasteiger partial charge in [-0.3, -0.25) is 10.1 Å². The first-order chi connectivity index (χ1) is 11.0. The number of benzene rings is 2. The third-order valence-electron chi connectivity index (χ3n) is 3.00. The van der Waals surface area contributed by atoms with Crippen molar-refractivity contribution in [3.8, 4) is 5.75 Å². The van der Waals surface area contributed by atoms with Gasteiger partial charge in [0.1, 0.15) is 5.75 Å². The molecule has 0 radical (unpaired) electrons. The summed E-state index contributed by atoms with van der Waals surface area (Å²) in [4.78, 5) is 13.4. The Hall–Kier alpha value is -2.74. The maximum Gasteiger partial charge on any atom is 0.270 e. The Morgan fingerprint density at radius 2 is 1.96 bits per heavy atom. The highest BCUT2D eigenvalue weighted by Crippen LogP contribution is 2.22. The zero-order valence-electron chi connectivity index (χ0n) is 12.6. The molecule has 7 nitrogen and oxygen atoms in total. The first-order valence-electron chi connectivity index (χ1n) is 6.61. The molecule has 1 N–H and O–H groups in total. The number of non-ortho nitro benzene ring substituents is 1. The number of hydrazone groups is 1. The van der Waals surface area contributed by atoms with Gasteiger partial charge in [0.15, 0.2) is 11.0 Å². The van der Waals surface area contributed by atoms with Gasteiger partial charge >= 0.3 is 0 Å². The number of aryl methyl sites for hydroxylation is 1. The zero-order chi connectivity index (χ0) is 16.8. The summed E-state index contributed by atoms with van der Waals surface area (Å²) in [5.74, 6) is 0.433. The van der Waals surface area contributed by atoms with Crippen molar-refractivity contribution >= 4 is 22.9 Å². The van der Waals surface area contributed by atoms with Gasteiger partial charge in [-0.2, -0.15) is 5.10 Å². The van der Waals surface area contributed by atoms with Crippen LogP contribution in [0.4, 0.5) is 5.69 Å². The molecule has 1 unspecified atom stereocenters. The lowest BCUT2D eigenvalue weighted by molar-refractivity contribution is -0.384. The molecule has 0 aliphatic heterocycles. The standard InChI is InChI=1S/C15H15N3O4S/c1-11-3-6-14(7-4-11)23(21)17-16-10-12-9-13(18(19)20)5-8-15(12)22-2/h3-10,17H,1-2H3/b16-10+. The van der Waals surface area contributed by atoms with Gasteiger partial charge in [0, 0.05) is 17.7 Å². The van der Waals surface area contributed by atoms with Crippen molar-refractivity contribution in [2.75, 3.05) is 7.11 Å². The highest BCUT2D eigenvalue weighted by molar-refractivity contribution is 7.83. The number of nitrogens with zero attached hydrogens (tertiary/aromatic N) is 2. The summed E-state index contributed by atoms with van der Waals surface area (Å²) in [5.41, 5.74) is 1.40. The Balaban J connectivity index is 2.13. The summed E-state index contributed by atoms with van der Waals surface area (Å²) in [7, 11) is -0.0559. The number of methoxy groups -OCH3 is 1. The minimum atomic E-state index is -1.51. The monoisotopic (exact) mass is 333 g/mol. The van der Waals surface area contributed by atoms with Crippen LogP contribution in [0.1, 0.15) is 11.1 Å². The number of rotatable bonds is 6. The summed E-state index contributed by atoms with van der Waals surface area (Å²) in [6.45, 7) is 1.94. The van der Waals surface area contributed by atoms with Crippen LogP contribution in [0.5, 0.6) is 5.75 Å². The van der Waals surface area contributed by atoms with E-state index in [1.54, 1.807) is 12.1 Å². The normalized spacial score (nSPS) is 12.1. The third kappa shape index (κ3) is 4.36. The highest BCUT2D eigenvalue weighted by atomic mass is 32.2. The highest BCUT2D eigenvalue weighted by Gasteiger charge is 2.10. The molecule has 0 saturated carbocycles. The van der Waals surface area contributed by atoms with Gasteiger partial charge in [-0.05, 0) is 25.1 Å². The van der Waals surface area contributed by atoms with E-state index in [4.69, 9.17) is 4.74 Å². The van der Waals surface area contributed by atoms with Crippen LogP contribution in [0, 0.1) is 17.0 Å². The zero-order valence-corrected chi connectivity index (χ0v) is 13.4. The number of nitrogens with one attached hydrogen (secondary N) is 1. The number of nitro groups is 1. The quantitative estimate of drug-likeness (QED) is 0.499. The molecule has 0 aromatic heterocycles. The van der Waals surface area contributed by atoms with E-state index in [0.717, 1.165) is 5.56 Å². The van der Waals surface area contributed by atoms with E-state index in [-0.39, 0.29) is 5.69 Å². The van der Waals surface area contributed by atoms with Crippen LogP contribution in [0.15, 0.2) is 52.5 Å². The largest absolute Gasteiger partial charge is 0.496 e. The molecule has 0 aliphatic rings. The minimum Gasteiger partial charge on any atom is -0.496 e. The van der Waals surface area contributed by atoms with E-state index in [2.05, 4.69) is 9.93 Å². The average molecular weight is 333 g/mol. The van der Waals surface area contributed by atoms with Crippen molar-refractivity contribution in [3.63, 3.8) is 0 Å². The van der Waals surface area contributed by atoms with Crippen LogP contribution in [-0.2, 0) is 11.0 Å². The molecule has 0 saturated heterocycles. The second-order valence-electron chi connectivity index (χ2n) is 4.61. The van der Waals surface area contributed by atoms with Crippen LogP contribution in [0.25, 0.3) is 0 Å². The van der Waals surface area contributed by atoms with Crippen LogP contribution < -0.4 is 9.57 Å². The third-order valence-corrected chi connectivity index (χ3v) is 3.97. The molecule has 8 heteroatoms. The van der Waals surface area contributed by atoms with Crippen LogP contribution in [0.2, 0.25) is 0 Å². The van der Waals surface area contributed by atoms with Crippen LogP contribution in [0.3, 0.4) is 0 Å². The first kappa shape index (κ1) is 16.6. The second-order valence-corrected chi connectivity index (χ2v) is 5.81. The molecular weight excluding hydrogens is 318 g/mol. The fourth-order valence-electron chi connectivity index (χ4n) is 1.79. The second kappa shape index (κ2) is 7.50. The Morgan fingerprint density at radius 3 is 2.57 bits per heavy atom. The summed E-state index contributed by atoms with van der Waals surface area (Å²) in [6, 6.07) is 11.3. The van der Waals surface area contributed by atoms with Gasteiger partial charge in [-0.15, -0.1) is 0 Å². The van der Waals surface area contributed by atoms with Gasteiger partial charge < -0.3 is 4.74 Å². The maximum atomic E-state index is 12.0. The van der Waals surface area contributed by atoms with Crippen molar-refractivity contribution in [2.24, 2.45) is 5.10 Å². The lowest BCUT2D eigenvalue weighted by Crippen LogP contribution is -2.10. The molecule has 0 amide bonds. The summed E-state index contributed by atoms with van der Waals surface area (Å²) in [6.07, 6.45) is 1.33. The summed E-state index contributed by atoms with van der Waals surface area (Å²) in [5, 5.41) is 14.7.